The molecule has 0 aliphatic heterocycles. The van der Waals surface area contributed by atoms with Gasteiger partial charge < -0.3 is 10.6 Å². The average molecular weight is 331 g/mol. The van der Waals surface area contributed by atoms with Crippen molar-refractivity contribution in [1.82, 2.24) is 0 Å². The largest absolute Gasteiger partial charge is 0.323 e. The van der Waals surface area contributed by atoms with Gasteiger partial charge in [0.15, 0.2) is 0 Å². The van der Waals surface area contributed by atoms with Crippen LogP contribution in [0.15, 0.2) is 60.7 Å². The number of hydrogen-bond donors (Lipinski definition) is 2. The minimum Gasteiger partial charge on any atom is -0.308 e. The van der Waals surface area contributed by atoms with Gasteiger partial charge >= 0.3 is 6.03 Å². The van der Waals surface area contributed by atoms with Crippen molar-refractivity contribution in [2.45, 2.75) is 0 Å². The van der Waals surface area contributed by atoms with Gasteiger partial charge in [-0.1, -0.05) is 47.5 Å². The Hall–Kier alpha value is -2.23. The highest BCUT2D eigenvalue weighted by Crippen LogP contribution is 2.29. The smallest absolute Gasteiger partial charge is 0.308 e. The number of halogens is 2. The molecule has 2 amide bonds. The minimum atomic E-state index is -0.324. The maximum absolute atomic E-state index is 12.1. The predicted molar refractivity (Wildman–Crippen MR) is 93.1 cm³/mol. The van der Waals surface area contributed by atoms with Gasteiger partial charge in [0, 0.05) is 26.5 Å². The number of carbonyl (C=O) groups excluding carboxylic acids is 1. The third kappa shape index (κ3) is 3.16. The quantitative estimate of drug-likeness (QED) is 0.613. The van der Waals surface area contributed by atoms with Crippen LogP contribution in [0.3, 0.4) is 0 Å². The van der Waals surface area contributed by atoms with E-state index in [-0.39, 0.29) is 6.03 Å². The zero-order valence-corrected chi connectivity index (χ0v) is 12.9. The van der Waals surface area contributed by atoms with Gasteiger partial charge in [-0.25, -0.2) is 4.79 Å². The summed E-state index contributed by atoms with van der Waals surface area (Å²) in [4.78, 5) is 12.1. The number of fused-ring (bicyclic) bond motifs is 1. The van der Waals surface area contributed by atoms with Crippen LogP contribution in [0.2, 0.25) is 10.0 Å². The molecule has 3 rings (SSSR count). The van der Waals surface area contributed by atoms with Crippen molar-refractivity contribution < 1.29 is 4.79 Å². The van der Waals surface area contributed by atoms with Gasteiger partial charge in [-0.05, 0) is 36.4 Å². The Kier molecular flexibility index (Phi) is 4.18. The Labute approximate surface area is 137 Å². The van der Waals surface area contributed by atoms with E-state index in [2.05, 4.69) is 10.6 Å². The van der Waals surface area contributed by atoms with Gasteiger partial charge in [-0.15, -0.1) is 0 Å². The minimum absolute atomic E-state index is 0.324. The Morgan fingerprint density at radius 1 is 0.773 bits per heavy atom. The van der Waals surface area contributed by atoms with Crippen molar-refractivity contribution in [3.05, 3.63) is 70.7 Å². The van der Waals surface area contributed by atoms with E-state index < -0.39 is 0 Å². The SMILES string of the molecule is O=C(Nc1ccc(Cl)cc1)Nc1ccc(Cl)c2ccccc12. The monoisotopic (exact) mass is 330 g/mol. The summed E-state index contributed by atoms with van der Waals surface area (Å²) in [6.07, 6.45) is 0. The maximum atomic E-state index is 12.1. The Bertz CT molecular complexity index is 832. The summed E-state index contributed by atoms with van der Waals surface area (Å²) in [6.45, 7) is 0. The van der Waals surface area contributed by atoms with E-state index in [0.29, 0.717) is 21.4 Å². The summed E-state index contributed by atoms with van der Waals surface area (Å²) in [5.41, 5.74) is 1.37. The fourth-order valence-electron chi connectivity index (χ4n) is 2.19. The highest BCUT2D eigenvalue weighted by atomic mass is 35.5. The van der Waals surface area contributed by atoms with Crippen molar-refractivity contribution in [3.8, 4) is 0 Å². The molecule has 0 fully saturated rings. The molecular weight excluding hydrogens is 319 g/mol. The average Bonchev–Trinajstić information content (AvgIpc) is 2.53. The Balaban J connectivity index is 1.82. The highest BCUT2D eigenvalue weighted by Gasteiger charge is 2.08. The fourth-order valence-corrected chi connectivity index (χ4v) is 2.54. The summed E-state index contributed by atoms with van der Waals surface area (Å²) in [5.74, 6) is 0. The molecule has 2 N–H and O–H groups in total. The standard InChI is InChI=1S/C17H12Cl2N2O/c18-11-5-7-12(8-6-11)20-17(22)21-16-10-9-15(19)13-3-1-2-4-14(13)16/h1-10H,(H2,20,21,22). The van der Waals surface area contributed by atoms with Crippen molar-refractivity contribution in [2.75, 3.05) is 10.6 Å². The van der Waals surface area contributed by atoms with Crippen LogP contribution in [0.4, 0.5) is 16.2 Å². The van der Waals surface area contributed by atoms with E-state index in [9.17, 15) is 4.79 Å². The second-order valence-corrected chi connectivity index (χ2v) is 5.57. The molecule has 0 unspecified atom stereocenters. The van der Waals surface area contributed by atoms with Gasteiger partial charge in [-0.2, -0.15) is 0 Å². The molecule has 3 nitrogen and oxygen atoms in total. The normalized spacial score (nSPS) is 10.5. The lowest BCUT2D eigenvalue weighted by Crippen LogP contribution is -2.19. The number of urea groups is 1. The first-order valence-corrected chi connectivity index (χ1v) is 7.40. The van der Waals surface area contributed by atoms with Crippen LogP contribution in [0.25, 0.3) is 10.8 Å². The predicted octanol–water partition coefficient (Wildman–Crippen LogP) is 5.79. The molecule has 0 aromatic heterocycles. The molecule has 0 spiro atoms. The summed E-state index contributed by atoms with van der Waals surface area (Å²) in [5, 5.41) is 8.65. The summed E-state index contributed by atoms with van der Waals surface area (Å²) < 4.78 is 0. The maximum Gasteiger partial charge on any atom is 0.323 e. The van der Waals surface area contributed by atoms with E-state index in [1.54, 1.807) is 36.4 Å². The van der Waals surface area contributed by atoms with Crippen LogP contribution in [0.1, 0.15) is 0 Å². The number of anilines is 2. The van der Waals surface area contributed by atoms with Gasteiger partial charge in [-0.3, -0.25) is 0 Å². The lowest BCUT2D eigenvalue weighted by atomic mass is 10.1. The van der Waals surface area contributed by atoms with Crippen LogP contribution in [0, 0.1) is 0 Å². The first-order valence-electron chi connectivity index (χ1n) is 6.64. The van der Waals surface area contributed by atoms with Crippen molar-refractivity contribution in [1.29, 1.82) is 0 Å². The highest BCUT2D eigenvalue weighted by molar-refractivity contribution is 6.36. The molecule has 0 aliphatic rings. The van der Waals surface area contributed by atoms with Crippen molar-refractivity contribution in [2.24, 2.45) is 0 Å². The molecule has 0 saturated carbocycles. The Morgan fingerprint density at radius 3 is 2.18 bits per heavy atom. The molecule has 0 heterocycles. The van der Waals surface area contributed by atoms with E-state index in [0.717, 1.165) is 10.8 Å². The van der Waals surface area contributed by atoms with Gasteiger partial charge in [0.05, 0.1) is 5.69 Å². The third-order valence-electron chi connectivity index (χ3n) is 3.22. The Morgan fingerprint density at radius 2 is 1.45 bits per heavy atom. The number of hydrogen-bond acceptors (Lipinski definition) is 1. The van der Waals surface area contributed by atoms with Gasteiger partial charge in [0.1, 0.15) is 0 Å². The van der Waals surface area contributed by atoms with Gasteiger partial charge in [0.2, 0.25) is 0 Å². The molecule has 0 atom stereocenters. The van der Waals surface area contributed by atoms with Crippen LogP contribution >= 0.6 is 23.2 Å². The van der Waals surface area contributed by atoms with E-state index in [1.807, 2.05) is 24.3 Å². The summed E-state index contributed by atoms with van der Waals surface area (Å²) >= 11 is 12.0. The summed E-state index contributed by atoms with van der Waals surface area (Å²) in [7, 11) is 0. The van der Waals surface area contributed by atoms with Crippen molar-refractivity contribution >= 4 is 51.4 Å². The van der Waals surface area contributed by atoms with E-state index in [4.69, 9.17) is 23.2 Å². The zero-order valence-electron chi connectivity index (χ0n) is 11.4. The zero-order chi connectivity index (χ0) is 15.5. The number of amides is 2. The molecule has 0 saturated heterocycles. The lowest BCUT2D eigenvalue weighted by molar-refractivity contribution is 0.262. The van der Waals surface area contributed by atoms with Crippen LogP contribution < -0.4 is 10.6 Å². The molecule has 3 aromatic carbocycles. The molecule has 0 aliphatic carbocycles. The molecule has 0 bridgehead atoms. The van der Waals surface area contributed by atoms with E-state index in [1.165, 1.54) is 0 Å². The first kappa shape index (κ1) is 14.7. The molecule has 0 radical (unpaired) electrons. The van der Waals surface area contributed by atoms with Crippen LogP contribution in [-0.4, -0.2) is 6.03 Å². The number of benzene rings is 3. The number of carbonyl (C=O) groups is 1. The fraction of sp³-hybridized carbons (Fsp3) is 0. The second kappa shape index (κ2) is 6.26. The van der Waals surface area contributed by atoms with Crippen LogP contribution in [-0.2, 0) is 0 Å². The van der Waals surface area contributed by atoms with Crippen molar-refractivity contribution in [3.63, 3.8) is 0 Å². The molecule has 3 aromatic rings. The topological polar surface area (TPSA) is 41.1 Å². The number of nitrogens with one attached hydrogen (secondary N) is 2. The third-order valence-corrected chi connectivity index (χ3v) is 3.80. The lowest BCUT2D eigenvalue weighted by Gasteiger charge is -2.11. The molecule has 5 heteroatoms. The first-order chi connectivity index (χ1) is 10.6. The second-order valence-electron chi connectivity index (χ2n) is 4.73. The number of rotatable bonds is 2. The van der Waals surface area contributed by atoms with E-state index >= 15 is 0 Å². The van der Waals surface area contributed by atoms with Gasteiger partial charge in [0.25, 0.3) is 0 Å². The molecule has 22 heavy (non-hydrogen) atoms. The van der Waals surface area contributed by atoms with Crippen LogP contribution in [0.5, 0.6) is 0 Å². The molecule has 110 valence electrons. The summed E-state index contributed by atoms with van der Waals surface area (Å²) in [6, 6.07) is 17.8. The molecular formula is C17H12Cl2N2O.